The van der Waals surface area contributed by atoms with Crippen LogP contribution in [0.2, 0.25) is 0 Å². The molecule has 0 unspecified atom stereocenters. The van der Waals surface area contributed by atoms with Gasteiger partial charge in [-0.05, 0) is 36.2 Å². The van der Waals surface area contributed by atoms with Gasteiger partial charge in [0.2, 0.25) is 0 Å². The van der Waals surface area contributed by atoms with Crippen LogP contribution in [-0.2, 0) is 11.4 Å². The quantitative estimate of drug-likeness (QED) is 0.871. The predicted octanol–water partition coefficient (Wildman–Crippen LogP) is 3.81. The third-order valence-corrected chi connectivity index (χ3v) is 4.43. The Morgan fingerprint density at radius 1 is 1.12 bits per heavy atom. The minimum absolute atomic E-state index is 0.173. The fourth-order valence-electron chi connectivity index (χ4n) is 3.07. The first kappa shape index (κ1) is 17.2. The summed E-state index contributed by atoms with van der Waals surface area (Å²) in [6, 6.07) is 16.5. The molecule has 0 fully saturated rings. The minimum atomic E-state index is -0.756. The van der Waals surface area contributed by atoms with E-state index in [0.29, 0.717) is 13.2 Å². The normalized spacial score (nSPS) is 14.6. The molecule has 0 bridgehead atoms. The number of nitrogens with zero attached hydrogens (tertiary/aromatic N) is 1. The molecule has 0 spiro atoms. The lowest BCUT2D eigenvalue weighted by Gasteiger charge is -2.15. The minimum Gasteiger partial charge on any atom is -0.488 e. The second-order valence-corrected chi connectivity index (χ2v) is 6.30. The predicted molar refractivity (Wildman–Crippen MR) is 98.7 cm³/mol. The molecule has 4 heteroatoms. The maximum Gasteiger partial charge on any atom is 0.304 e. The zero-order chi connectivity index (χ0) is 17.6. The number of ether oxygens (including phenoxy) is 1. The Morgan fingerprint density at radius 2 is 1.84 bits per heavy atom. The molecule has 0 atom stereocenters. The molecule has 1 aliphatic rings. The average Bonchev–Trinajstić information content (AvgIpc) is 2.78. The van der Waals surface area contributed by atoms with Gasteiger partial charge in [0.1, 0.15) is 12.4 Å². The highest BCUT2D eigenvalue weighted by Gasteiger charge is 2.18. The lowest BCUT2D eigenvalue weighted by atomic mass is 9.93. The van der Waals surface area contributed by atoms with Crippen molar-refractivity contribution in [3.8, 4) is 5.75 Å². The number of carboxylic acid groups (broad SMARTS) is 1. The van der Waals surface area contributed by atoms with Gasteiger partial charge in [-0.3, -0.25) is 4.79 Å². The Balaban J connectivity index is 1.83. The number of aliphatic carboxylic acids is 1. The van der Waals surface area contributed by atoms with Crippen LogP contribution in [0.15, 0.2) is 54.6 Å². The largest absolute Gasteiger partial charge is 0.488 e. The van der Waals surface area contributed by atoms with Crippen LogP contribution in [0.4, 0.5) is 0 Å². The van der Waals surface area contributed by atoms with Gasteiger partial charge in [0.05, 0.1) is 6.42 Å². The average molecular weight is 337 g/mol. The molecule has 2 aromatic rings. The third-order valence-electron chi connectivity index (χ3n) is 4.43. The van der Waals surface area contributed by atoms with Gasteiger partial charge in [0.15, 0.2) is 0 Å². The molecule has 0 radical (unpaired) electrons. The molecule has 130 valence electrons. The van der Waals surface area contributed by atoms with E-state index >= 15 is 0 Å². The summed E-state index contributed by atoms with van der Waals surface area (Å²) in [4.78, 5) is 12.7. The summed E-state index contributed by atoms with van der Waals surface area (Å²) in [6.45, 7) is 1.96. The van der Waals surface area contributed by atoms with E-state index in [1.165, 1.54) is 16.7 Å². The summed E-state index contributed by atoms with van der Waals surface area (Å²) in [5.74, 6) is 0.151. The number of hydrogen-bond acceptors (Lipinski definition) is 3. The lowest BCUT2D eigenvalue weighted by Crippen LogP contribution is -2.22. The molecule has 0 aliphatic carbocycles. The van der Waals surface area contributed by atoms with Crippen molar-refractivity contribution >= 4 is 11.5 Å². The smallest absolute Gasteiger partial charge is 0.304 e. The summed E-state index contributed by atoms with van der Waals surface area (Å²) in [7, 11) is 1.96. The van der Waals surface area contributed by atoms with Gasteiger partial charge in [-0.15, -0.1) is 0 Å². The highest BCUT2D eigenvalue weighted by Crippen LogP contribution is 2.36. The number of carboxylic acids is 1. The molecular weight excluding hydrogens is 314 g/mol. The molecule has 2 aromatic carbocycles. The van der Waals surface area contributed by atoms with E-state index in [2.05, 4.69) is 35.2 Å². The van der Waals surface area contributed by atoms with Gasteiger partial charge in [-0.1, -0.05) is 48.5 Å². The van der Waals surface area contributed by atoms with Crippen molar-refractivity contribution in [1.29, 1.82) is 0 Å². The van der Waals surface area contributed by atoms with Crippen molar-refractivity contribution < 1.29 is 14.6 Å². The molecular formula is C21H23NO3. The molecule has 0 saturated carbocycles. The van der Waals surface area contributed by atoms with E-state index in [1.54, 1.807) is 0 Å². The molecule has 25 heavy (non-hydrogen) atoms. The van der Waals surface area contributed by atoms with Gasteiger partial charge in [0.25, 0.3) is 0 Å². The number of benzene rings is 2. The molecule has 1 heterocycles. The molecule has 3 rings (SSSR count). The monoisotopic (exact) mass is 337 g/mol. The van der Waals surface area contributed by atoms with Crippen molar-refractivity contribution in [2.24, 2.45) is 0 Å². The Bertz CT molecular complexity index is 733. The summed E-state index contributed by atoms with van der Waals surface area (Å²) in [5, 5.41) is 8.79. The maximum atomic E-state index is 10.7. The van der Waals surface area contributed by atoms with Gasteiger partial charge < -0.3 is 14.7 Å². The van der Waals surface area contributed by atoms with E-state index in [-0.39, 0.29) is 6.42 Å². The molecule has 1 aliphatic heterocycles. The van der Waals surface area contributed by atoms with Crippen LogP contribution >= 0.6 is 0 Å². The van der Waals surface area contributed by atoms with Crippen molar-refractivity contribution in [1.82, 2.24) is 4.90 Å². The first-order valence-corrected chi connectivity index (χ1v) is 8.56. The number of fused-ring (bicyclic) bond motifs is 2. The first-order chi connectivity index (χ1) is 12.1. The van der Waals surface area contributed by atoms with Crippen molar-refractivity contribution in [3.63, 3.8) is 0 Å². The molecule has 0 saturated heterocycles. The van der Waals surface area contributed by atoms with Crippen LogP contribution < -0.4 is 4.74 Å². The summed E-state index contributed by atoms with van der Waals surface area (Å²) >= 11 is 0. The van der Waals surface area contributed by atoms with Crippen LogP contribution in [-0.4, -0.2) is 36.1 Å². The van der Waals surface area contributed by atoms with Crippen molar-refractivity contribution in [3.05, 3.63) is 71.3 Å². The highest BCUT2D eigenvalue weighted by atomic mass is 16.5. The number of rotatable bonds is 6. The topological polar surface area (TPSA) is 49.8 Å². The van der Waals surface area contributed by atoms with Gasteiger partial charge in [-0.2, -0.15) is 0 Å². The Kier molecular flexibility index (Phi) is 5.51. The summed E-state index contributed by atoms with van der Waals surface area (Å²) in [6.07, 6.45) is 3.27. The van der Waals surface area contributed by atoms with E-state index in [4.69, 9.17) is 9.84 Å². The standard InChI is InChI=1S/C21H23NO3/c1-22(14-12-21(23)24)13-6-10-18-17-8-3-2-7-16(17)15-25-20-11-5-4-9-19(18)20/h2-5,7-11H,6,12-15H2,1H3,(H,23,24). The third kappa shape index (κ3) is 4.28. The maximum absolute atomic E-state index is 10.7. The second kappa shape index (κ2) is 7.99. The van der Waals surface area contributed by atoms with E-state index in [9.17, 15) is 4.79 Å². The lowest BCUT2D eigenvalue weighted by molar-refractivity contribution is -0.137. The molecule has 4 nitrogen and oxygen atoms in total. The van der Waals surface area contributed by atoms with Crippen molar-refractivity contribution in [2.45, 2.75) is 19.4 Å². The zero-order valence-electron chi connectivity index (χ0n) is 14.4. The molecule has 0 aromatic heterocycles. The highest BCUT2D eigenvalue weighted by molar-refractivity contribution is 5.84. The Morgan fingerprint density at radius 3 is 2.64 bits per heavy atom. The second-order valence-electron chi connectivity index (χ2n) is 6.30. The van der Waals surface area contributed by atoms with E-state index < -0.39 is 5.97 Å². The SMILES string of the molecule is CN(CCC=C1c2ccccc2COc2ccccc21)CCC(=O)O. The Labute approximate surface area is 148 Å². The van der Waals surface area contributed by atoms with E-state index in [0.717, 1.165) is 24.3 Å². The van der Waals surface area contributed by atoms with Crippen LogP contribution in [0.3, 0.4) is 0 Å². The number of para-hydroxylation sites is 1. The zero-order valence-corrected chi connectivity index (χ0v) is 14.4. The summed E-state index contributed by atoms with van der Waals surface area (Å²) in [5.41, 5.74) is 4.70. The summed E-state index contributed by atoms with van der Waals surface area (Å²) < 4.78 is 5.98. The van der Waals surface area contributed by atoms with Crippen LogP contribution in [0.5, 0.6) is 5.75 Å². The number of hydrogen-bond donors (Lipinski definition) is 1. The molecule has 1 N–H and O–H groups in total. The van der Waals surface area contributed by atoms with Crippen LogP contribution in [0.1, 0.15) is 29.5 Å². The van der Waals surface area contributed by atoms with Crippen molar-refractivity contribution in [2.75, 3.05) is 20.1 Å². The fraction of sp³-hybridized carbons (Fsp3) is 0.286. The van der Waals surface area contributed by atoms with Crippen LogP contribution in [0, 0.1) is 0 Å². The first-order valence-electron chi connectivity index (χ1n) is 8.56. The fourth-order valence-corrected chi connectivity index (χ4v) is 3.07. The van der Waals surface area contributed by atoms with E-state index in [1.807, 2.05) is 31.3 Å². The number of carbonyl (C=O) groups is 1. The van der Waals surface area contributed by atoms with Gasteiger partial charge in [-0.25, -0.2) is 0 Å². The van der Waals surface area contributed by atoms with Gasteiger partial charge >= 0.3 is 5.97 Å². The van der Waals surface area contributed by atoms with Crippen LogP contribution in [0.25, 0.3) is 5.57 Å². The van der Waals surface area contributed by atoms with Gasteiger partial charge in [0, 0.05) is 18.7 Å². The Hall–Kier alpha value is -2.59. The molecule has 0 amide bonds.